The van der Waals surface area contributed by atoms with Gasteiger partial charge in [0.05, 0.1) is 6.04 Å². The fourth-order valence-corrected chi connectivity index (χ4v) is 6.50. The lowest BCUT2D eigenvalue weighted by Gasteiger charge is -2.58. The Morgan fingerprint density at radius 3 is 2.00 bits per heavy atom. The Morgan fingerprint density at radius 2 is 1.52 bits per heavy atom. The van der Waals surface area contributed by atoms with Crippen LogP contribution in [0.2, 0.25) is 0 Å². The smallest absolute Gasteiger partial charge is 0.282 e. The second-order valence-electron chi connectivity index (χ2n) is 9.67. The standard InChI is InChI=1S/C23H32N2O2/c1-14(22(27)25-21-6-4-20(5-7-21)15(2)26)24-16(3)23-11-17-8-18(12-23)10-19(9-17)13-23/h4-7,14,16-19,24H,8-13H2,1-3H3,(H,25,27)/p+1/t14-,16-,17?,18?,19?,23?/m1/s1. The predicted molar refractivity (Wildman–Crippen MR) is 107 cm³/mol. The maximum Gasteiger partial charge on any atom is 0.282 e. The topological polar surface area (TPSA) is 62.8 Å². The zero-order chi connectivity index (χ0) is 19.2. The second kappa shape index (κ2) is 7.05. The number of amides is 1. The lowest BCUT2D eigenvalue weighted by Crippen LogP contribution is -2.98. The summed E-state index contributed by atoms with van der Waals surface area (Å²) in [5.41, 5.74) is 1.88. The van der Waals surface area contributed by atoms with Gasteiger partial charge in [-0.1, -0.05) is 0 Å². The van der Waals surface area contributed by atoms with Gasteiger partial charge < -0.3 is 10.6 Å². The summed E-state index contributed by atoms with van der Waals surface area (Å²) < 4.78 is 0. The summed E-state index contributed by atoms with van der Waals surface area (Å²) in [4.78, 5) is 24.1. The van der Waals surface area contributed by atoms with Gasteiger partial charge in [0.15, 0.2) is 11.8 Å². The third kappa shape index (κ3) is 3.69. The quantitative estimate of drug-likeness (QED) is 0.755. The summed E-state index contributed by atoms with van der Waals surface area (Å²) in [6, 6.07) is 7.54. The van der Waals surface area contributed by atoms with Crippen LogP contribution < -0.4 is 10.6 Å². The molecule has 4 bridgehead atoms. The largest absolute Gasteiger partial charge is 0.334 e. The maximum absolute atomic E-state index is 12.7. The normalized spacial score (nSPS) is 33.5. The Bertz CT molecular complexity index is 689. The summed E-state index contributed by atoms with van der Waals surface area (Å²) in [5.74, 6) is 2.91. The molecule has 0 aliphatic heterocycles. The number of ketones is 1. The highest BCUT2D eigenvalue weighted by atomic mass is 16.2. The third-order valence-electron chi connectivity index (χ3n) is 7.60. The number of carbonyl (C=O) groups excluding carboxylic acids is 2. The molecule has 4 fully saturated rings. The molecule has 4 saturated carbocycles. The van der Waals surface area contributed by atoms with Crippen molar-refractivity contribution in [3.05, 3.63) is 29.8 Å². The minimum absolute atomic E-state index is 0.0407. The first-order valence-corrected chi connectivity index (χ1v) is 10.6. The molecule has 2 atom stereocenters. The Hall–Kier alpha value is -1.68. The van der Waals surface area contributed by atoms with Crippen LogP contribution >= 0.6 is 0 Å². The van der Waals surface area contributed by atoms with E-state index < -0.39 is 0 Å². The molecule has 4 heteroatoms. The molecular weight excluding hydrogens is 336 g/mol. The number of hydrogen-bond donors (Lipinski definition) is 2. The second-order valence-corrected chi connectivity index (χ2v) is 9.67. The molecule has 0 saturated heterocycles. The van der Waals surface area contributed by atoms with Crippen LogP contribution in [0.5, 0.6) is 0 Å². The molecule has 0 spiro atoms. The fourth-order valence-electron chi connectivity index (χ4n) is 6.50. The van der Waals surface area contributed by atoms with E-state index in [0.29, 0.717) is 17.0 Å². The number of quaternary nitrogens is 1. The van der Waals surface area contributed by atoms with Crippen LogP contribution in [0, 0.1) is 23.2 Å². The Morgan fingerprint density at radius 1 is 1.00 bits per heavy atom. The van der Waals surface area contributed by atoms with E-state index in [0.717, 1.165) is 23.4 Å². The van der Waals surface area contributed by atoms with Gasteiger partial charge in [-0.2, -0.15) is 0 Å². The fraction of sp³-hybridized carbons (Fsp3) is 0.652. The highest BCUT2D eigenvalue weighted by Gasteiger charge is 2.54. The van der Waals surface area contributed by atoms with Crippen molar-refractivity contribution in [3.63, 3.8) is 0 Å². The molecule has 4 aliphatic carbocycles. The highest BCUT2D eigenvalue weighted by Crippen LogP contribution is 2.60. The van der Waals surface area contributed by atoms with Gasteiger partial charge >= 0.3 is 0 Å². The Kier molecular flexibility index (Phi) is 4.87. The molecule has 146 valence electrons. The Labute approximate surface area is 162 Å². The van der Waals surface area contributed by atoms with E-state index in [1.807, 2.05) is 19.1 Å². The first kappa shape index (κ1) is 18.7. The third-order valence-corrected chi connectivity index (χ3v) is 7.60. The molecule has 4 aliphatic rings. The van der Waals surface area contributed by atoms with Gasteiger partial charge in [0.1, 0.15) is 0 Å². The van der Waals surface area contributed by atoms with Crippen LogP contribution in [0.3, 0.4) is 0 Å². The van der Waals surface area contributed by atoms with Crippen LogP contribution in [0.4, 0.5) is 5.69 Å². The summed E-state index contributed by atoms with van der Waals surface area (Å²) in [5, 5.41) is 5.30. The van der Waals surface area contributed by atoms with Gasteiger partial charge in [0.2, 0.25) is 0 Å². The zero-order valence-electron chi connectivity index (χ0n) is 16.8. The molecule has 5 rings (SSSR count). The minimum Gasteiger partial charge on any atom is -0.334 e. The van der Waals surface area contributed by atoms with Crippen LogP contribution in [0.15, 0.2) is 24.3 Å². The zero-order valence-corrected chi connectivity index (χ0v) is 16.8. The summed E-state index contributed by atoms with van der Waals surface area (Å²) in [7, 11) is 0. The number of nitrogens with two attached hydrogens (primary N) is 1. The molecule has 1 amide bonds. The van der Waals surface area contributed by atoms with Gasteiger partial charge in [0, 0.05) is 16.7 Å². The van der Waals surface area contributed by atoms with E-state index in [4.69, 9.17) is 0 Å². The lowest BCUT2D eigenvalue weighted by molar-refractivity contribution is -0.718. The number of Topliss-reactive ketones (excluding diaryl/α,β-unsaturated/α-hetero) is 1. The van der Waals surface area contributed by atoms with Crippen molar-refractivity contribution in [1.29, 1.82) is 0 Å². The van der Waals surface area contributed by atoms with E-state index in [2.05, 4.69) is 17.6 Å². The van der Waals surface area contributed by atoms with Crippen molar-refractivity contribution in [2.45, 2.75) is 71.4 Å². The predicted octanol–water partition coefficient (Wildman–Crippen LogP) is 3.38. The van der Waals surface area contributed by atoms with Crippen molar-refractivity contribution in [1.82, 2.24) is 0 Å². The molecule has 4 nitrogen and oxygen atoms in total. The van der Waals surface area contributed by atoms with Gasteiger partial charge in [-0.3, -0.25) is 9.59 Å². The summed E-state index contributed by atoms with van der Waals surface area (Å²) in [6.07, 6.45) is 8.49. The average molecular weight is 370 g/mol. The van der Waals surface area contributed by atoms with Gasteiger partial charge in [0.25, 0.3) is 5.91 Å². The molecule has 1 aromatic carbocycles. The summed E-state index contributed by atoms with van der Waals surface area (Å²) in [6.45, 7) is 5.91. The molecule has 0 heterocycles. The monoisotopic (exact) mass is 369 g/mol. The molecule has 0 unspecified atom stereocenters. The van der Waals surface area contributed by atoms with Gasteiger partial charge in [-0.05, 0) is 101 Å². The molecule has 3 N–H and O–H groups in total. The van der Waals surface area contributed by atoms with E-state index in [9.17, 15) is 9.59 Å². The number of carbonyl (C=O) groups is 2. The molecule has 1 aromatic rings. The summed E-state index contributed by atoms with van der Waals surface area (Å²) >= 11 is 0. The number of nitrogens with one attached hydrogen (secondary N) is 1. The van der Waals surface area contributed by atoms with Crippen LogP contribution in [-0.2, 0) is 4.79 Å². The first-order chi connectivity index (χ1) is 12.8. The maximum atomic E-state index is 12.7. The number of hydrogen-bond acceptors (Lipinski definition) is 2. The number of anilines is 1. The first-order valence-electron chi connectivity index (χ1n) is 10.6. The average Bonchev–Trinajstić information content (AvgIpc) is 2.60. The van der Waals surface area contributed by atoms with Gasteiger partial charge in [-0.25, -0.2) is 0 Å². The molecule has 0 radical (unpaired) electrons. The molecular formula is C23H33N2O2+. The van der Waals surface area contributed by atoms with Crippen LogP contribution in [0.1, 0.15) is 69.7 Å². The van der Waals surface area contributed by atoms with Gasteiger partial charge in [-0.15, -0.1) is 0 Å². The van der Waals surface area contributed by atoms with Crippen LogP contribution in [0.25, 0.3) is 0 Å². The van der Waals surface area contributed by atoms with Crippen molar-refractivity contribution < 1.29 is 14.9 Å². The van der Waals surface area contributed by atoms with E-state index in [-0.39, 0.29) is 17.7 Å². The van der Waals surface area contributed by atoms with Crippen molar-refractivity contribution in [3.8, 4) is 0 Å². The van der Waals surface area contributed by atoms with Crippen LogP contribution in [-0.4, -0.2) is 23.8 Å². The molecule has 27 heavy (non-hydrogen) atoms. The van der Waals surface area contributed by atoms with Crippen molar-refractivity contribution in [2.24, 2.45) is 23.2 Å². The highest BCUT2D eigenvalue weighted by molar-refractivity contribution is 5.96. The Balaban J connectivity index is 1.36. The van der Waals surface area contributed by atoms with E-state index in [1.165, 1.54) is 38.5 Å². The van der Waals surface area contributed by atoms with Crippen molar-refractivity contribution >= 4 is 17.4 Å². The number of benzene rings is 1. The minimum atomic E-state index is -0.111. The van der Waals surface area contributed by atoms with Crippen molar-refractivity contribution in [2.75, 3.05) is 5.32 Å². The van der Waals surface area contributed by atoms with E-state index >= 15 is 0 Å². The lowest BCUT2D eigenvalue weighted by atomic mass is 9.48. The number of rotatable bonds is 6. The van der Waals surface area contributed by atoms with E-state index in [1.54, 1.807) is 19.1 Å². The SMILES string of the molecule is CC(=O)c1ccc(NC(=O)[C@@H](C)[NH2+][C@H](C)C23CC4CC(CC(C4)C2)C3)cc1. The molecule has 0 aromatic heterocycles.